The van der Waals surface area contributed by atoms with Gasteiger partial charge in [0.1, 0.15) is 0 Å². The average molecular weight is 161 g/mol. The first kappa shape index (κ1) is 7.66. The van der Waals surface area contributed by atoms with Crippen molar-refractivity contribution in [2.75, 3.05) is 5.32 Å². The minimum Gasteiger partial charge on any atom is -0.382 e. The average Bonchev–Trinajstić information content (AvgIpc) is 2.07. The fraction of sp³-hybridized carbons (Fsp3) is 0.455. The third kappa shape index (κ3) is 1.20. The standard InChI is InChI=1S/C11H15N/c1-8-7-10-5-3-4-6-11(10)12-9(8)2/h3-6,8-9,12H,7H2,1-2H3/t8-,9+/m0/s1. The number of para-hydroxylation sites is 1. The highest BCUT2D eigenvalue weighted by atomic mass is 14.9. The van der Waals surface area contributed by atoms with Crippen LogP contribution >= 0.6 is 0 Å². The van der Waals surface area contributed by atoms with E-state index in [-0.39, 0.29) is 0 Å². The molecule has 1 aliphatic heterocycles. The van der Waals surface area contributed by atoms with Gasteiger partial charge in [0.2, 0.25) is 0 Å². The second-order valence-corrected chi connectivity index (χ2v) is 3.77. The van der Waals surface area contributed by atoms with Crippen molar-refractivity contribution in [2.45, 2.75) is 26.3 Å². The zero-order chi connectivity index (χ0) is 8.55. The van der Waals surface area contributed by atoms with Crippen LogP contribution in [-0.2, 0) is 6.42 Å². The number of nitrogens with one attached hydrogen (secondary N) is 1. The van der Waals surface area contributed by atoms with Gasteiger partial charge in [-0.25, -0.2) is 0 Å². The molecule has 0 aromatic heterocycles. The topological polar surface area (TPSA) is 12.0 Å². The van der Waals surface area contributed by atoms with Crippen LogP contribution in [0.2, 0.25) is 0 Å². The van der Waals surface area contributed by atoms with Crippen molar-refractivity contribution >= 4 is 5.69 Å². The van der Waals surface area contributed by atoms with Crippen molar-refractivity contribution in [1.29, 1.82) is 0 Å². The van der Waals surface area contributed by atoms with Gasteiger partial charge >= 0.3 is 0 Å². The van der Waals surface area contributed by atoms with E-state index in [0.717, 1.165) is 5.92 Å². The molecule has 1 heterocycles. The second-order valence-electron chi connectivity index (χ2n) is 3.77. The number of hydrogen-bond acceptors (Lipinski definition) is 1. The highest BCUT2D eigenvalue weighted by Crippen LogP contribution is 2.27. The highest BCUT2D eigenvalue weighted by Gasteiger charge is 2.19. The molecule has 2 rings (SSSR count). The molecule has 0 saturated heterocycles. The summed E-state index contributed by atoms with van der Waals surface area (Å²) < 4.78 is 0. The summed E-state index contributed by atoms with van der Waals surface area (Å²) >= 11 is 0. The predicted molar refractivity (Wildman–Crippen MR) is 52.4 cm³/mol. The van der Waals surface area contributed by atoms with Crippen molar-refractivity contribution in [3.8, 4) is 0 Å². The van der Waals surface area contributed by atoms with Gasteiger partial charge in [0, 0.05) is 11.7 Å². The first-order chi connectivity index (χ1) is 5.77. The Bertz CT molecular complexity index is 251. The highest BCUT2D eigenvalue weighted by molar-refractivity contribution is 5.53. The summed E-state index contributed by atoms with van der Waals surface area (Å²) in [5, 5.41) is 3.51. The summed E-state index contributed by atoms with van der Waals surface area (Å²) in [6.45, 7) is 4.55. The molecule has 1 aromatic carbocycles. The first-order valence-electron chi connectivity index (χ1n) is 4.62. The predicted octanol–water partition coefficient (Wildman–Crippen LogP) is 2.68. The van der Waals surface area contributed by atoms with Crippen LogP contribution in [0.15, 0.2) is 24.3 Å². The van der Waals surface area contributed by atoms with E-state index in [1.54, 1.807) is 0 Å². The molecule has 1 nitrogen and oxygen atoms in total. The van der Waals surface area contributed by atoms with Gasteiger partial charge in [-0.1, -0.05) is 25.1 Å². The second kappa shape index (κ2) is 2.81. The normalized spacial score (nSPS) is 27.5. The van der Waals surface area contributed by atoms with E-state index in [4.69, 9.17) is 0 Å². The van der Waals surface area contributed by atoms with Crippen LogP contribution in [0.25, 0.3) is 0 Å². The van der Waals surface area contributed by atoms with Gasteiger partial charge in [-0.3, -0.25) is 0 Å². The Balaban J connectivity index is 2.34. The molecule has 0 aliphatic carbocycles. The third-order valence-corrected chi connectivity index (χ3v) is 2.80. The third-order valence-electron chi connectivity index (χ3n) is 2.80. The smallest absolute Gasteiger partial charge is 0.0374 e. The summed E-state index contributed by atoms with van der Waals surface area (Å²) in [5.74, 6) is 0.750. The lowest BCUT2D eigenvalue weighted by Gasteiger charge is -2.29. The number of benzene rings is 1. The van der Waals surface area contributed by atoms with E-state index in [9.17, 15) is 0 Å². The van der Waals surface area contributed by atoms with Crippen LogP contribution < -0.4 is 5.32 Å². The van der Waals surface area contributed by atoms with E-state index < -0.39 is 0 Å². The Morgan fingerprint density at radius 3 is 2.83 bits per heavy atom. The van der Waals surface area contributed by atoms with Gasteiger partial charge in [-0.15, -0.1) is 0 Å². The number of anilines is 1. The molecule has 1 N–H and O–H groups in total. The molecule has 12 heavy (non-hydrogen) atoms. The quantitative estimate of drug-likeness (QED) is 0.617. The number of hydrogen-bond donors (Lipinski definition) is 1. The Morgan fingerprint density at radius 1 is 1.25 bits per heavy atom. The van der Waals surface area contributed by atoms with E-state index >= 15 is 0 Å². The van der Waals surface area contributed by atoms with Gasteiger partial charge in [-0.05, 0) is 30.9 Å². The van der Waals surface area contributed by atoms with Gasteiger partial charge in [0.05, 0.1) is 0 Å². The minimum atomic E-state index is 0.611. The van der Waals surface area contributed by atoms with E-state index in [1.807, 2.05) is 0 Å². The summed E-state index contributed by atoms with van der Waals surface area (Å²) in [6, 6.07) is 9.19. The molecule has 0 fully saturated rings. The maximum atomic E-state index is 3.51. The minimum absolute atomic E-state index is 0.611. The maximum absolute atomic E-state index is 3.51. The molecule has 0 spiro atoms. The van der Waals surface area contributed by atoms with Crippen molar-refractivity contribution in [2.24, 2.45) is 5.92 Å². The van der Waals surface area contributed by atoms with Gasteiger partial charge in [0.25, 0.3) is 0 Å². The zero-order valence-electron chi connectivity index (χ0n) is 7.67. The lowest BCUT2D eigenvalue weighted by atomic mass is 9.90. The van der Waals surface area contributed by atoms with Crippen molar-refractivity contribution < 1.29 is 0 Å². The molecular formula is C11H15N. The number of rotatable bonds is 0. The van der Waals surface area contributed by atoms with Crippen LogP contribution in [-0.4, -0.2) is 6.04 Å². The fourth-order valence-corrected chi connectivity index (χ4v) is 1.75. The molecule has 0 saturated carbocycles. The van der Waals surface area contributed by atoms with Crippen LogP contribution in [0, 0.1) is 5.92 Å². The Hall–Kier alpha value is -0.980. The van der Waals surface area contributed by atoms with Gasteiger partial charge < -0.3 is 5.32 Å². The number of fused-ring (bicyclic) bond motifs is 1. The molecule has 0 unspecified atom stereocenters. The molecule has 2 atom stereocenters. The largest absolute Gasteiger partial charge is 0.382 e. The molecule has 1 heteroatoms. The van der Waals surface area contributed by atoms with Gasteiger partial charge in [-0.2, -0.15) is 0 Å². The molecule has 0 bridgehead atoms. The van der Waals surface area contributed by atoms with E-state index in [0.29, 0.717) is 6.04 Å². The maximum Gasteiger partial charge on any atom is 0.0374 e. The SMILES string of the molecule is C[C@H]1Cc2ccccc2N[C@@H]1C. The van der Waals surface area contributed by atoms with Crippen molar-refractivity contribution in [3.05, 3.63) is 29.8 Å². The lowest BCUT2D eigenvalue weighted by Crippen LogP contribution is -2.30. The lowest BCUT2D eigenvalue weighted by molar-refractivity contribution is 0.491. The van der Waals surface area contributed by atoms with Crippen LogP contribution in [0.4, 0.5) is 5.69 Å². The summed E-state index contributed by atoms with van der Waals surface area (Å²) in [7, 11) is 0. The Kier molecular flexibility index (Phi) is 1.80. The Morgan fingerprint density at radius 2 is 2.00 bits per heavy atom. The molecule has 64 valence electrons. The van der Waals surface area contributed by atoms with Crippen LogP contribution in [0.5, 0.6) is 0 Å². The van der Waals surface area contributed by atoms with Crippen molar-refractivity contribution in [3.63, 3.8) is 0 Å². The van der Waals surface area contributed by atoms with Crippen molar-refractivity contribution in [1.82, 2.24) is 0 Å². The molecular weight excluding hydrogens is 146 g/mol. The van der Waals surface area contributed by atoms with E-state index in [1.165, 1.54) is 17.7 Å². The Labute approximate surface area is 73.8 Å². The monoisotopic (exact) mass is 161 g/mol. The molecule has 0 radical (unpaired) electrons. The first-order valence-corrected chi connectivity index (χ1v) is 4.62. The van der Waals surface area contributed by atoms with Crippen LogP contribution in [0.1, 0.15) is 19.4 Å². The molecule has 1 aliphatic rings. The summed E-state index contributed by atoms with van der Waals surface area (Å²) in [5.41, 5.74) is 2.78. The summed E-state index contributed by atoms with van der Waals surface area (Å²) in [6.07, 6.45) is 1.21. The zero-order valence-corrected chi connectivity index (χ0v) is 7.67. The molecule has 1 aromatic rings. The summed E-state index contributed by atoms with van der Waals surface area (Å²) in [4.78, 5) is 0. The fourth-order valence-electron chi connectivity index (χ4n) is 1.75. The molecule has 0 amide bonds. The van der Waals surface area contributed by atoms with E-state index in [2.05, 4.69) is 43.4 Å². The van der Waals surface area contributed by atoms with Crippen LogP contribution in [0.3, 0.4) is 0 Å². The van der Waals surface area contributed by atoms with Gasteiger partial charge in [0.15, 0.2) is 0 Å².